The van der Waals surface area contributed by atoms with E-state index in [1.807, 2.05) is 6.92 Å². The van der Waals surface area contributed by atoms with Gasteiger partial charge in [0.25, 0.3) is 5.91 Å². The van der Waals surface area contributed by atoms with E-state index in [0.717, 1.165) is 5.56 Å². The molecule has 0 unspecified atom stereocenters. The standard InChI is InChI=1S/C15H11BrCl2N2O2/c1-8-2-3-11(13(18)4-8)15(22)20-19-7-9-5-10(17)6-12(16)14(9)21/h2-7,21H,1H3,(H,20,22)/b19-7+. The third-order valence-electron chi connectivity index (χ3n) is 2.80. The van der Waals surface area contributed by atoms with Crippen LogP contribution in [0.2, 0.25) is 10.0 Å². The van der Waals surface area contributed by atoms with Crippen LogP contribution in [0.3, 0.4) is 0 Å². The molecule has 114 valence electrons. The van der Waals surface area contributed by atoms with Crippen LogP contribution in [-0.4, -0.2) is 17.2 Å². The summed E-state index contributed by atoms with van der Waals surface area (Å²) >= 11 is 15.1. The van der Waals surface area contributed by atoms with E-state index in [2.05, 4.69) is 26.5 Å². The minimum Gasteiger partial charge on any atom is -0.506 e. The van der Waals surface area contributed by atoms with Gasteiger partial charge in [-0.05, 0) is 52.7 Å². The number of aryl methyl sites for hydroxylation is 1. The highest BCUT2D eigenvalue weighted by Crippen LogP contribution is 2.30. The first-order valence-electron chi connectivity index (χ1n) is 6.16. The zero-order valence-corrected chi connectivity index (χ0v) is 14.5. The number of phenolic OH excluding ortho intramolecular Hbond substituents is 1. The molecule has 2 N–H and O–H groups in total. The van der Waals surface area contributed by atoms with Gasteiger partial charge in [-0.2, -0.15) is 5.10 Å². The highest BCUT2D eigenvalue weighted by molar-refractivity contribution is 9.10. The Hall–Kier alpha value is -1.56. The molecule has 1 amide bonds. The van der Waals surface area contributed by atoms with Crippen molar-refractivity contribution in [1.82, 2.24) is 5.43 Å². The lowest BCUT2D eigenvalue weighted by Gasteiger charge is -2.04. The number of nitrogens with one attached hydrogen (secondary N) is 1. The number of hydrazone groups is 1. The summed E-state index contributed by atoms with van der Waals surface area (Å²) < 4.78 is 0.439. The Balaban J connectivity index is 2.14. The maximum atomic E-state index is 12.0. The average molecular weight is 402 g/mol. The topological polar surface area (TPSA) is 61.7 Å². The summed E-state index contributed by atoms with van der Waals surface area (Å²) in [6, 6.07) is 8.18. The maximum Gasteiger partial charge on any atom is 0.272 e. The number of aromatic hydroxyl groups is 1. The van der Waals surface area contributed by atoms with E-state index in [9.17, 15) is 9.90 Å². The molecule has 0 aliphatic rings. The maximum absolute atomic E-state index is 12.0. The smallest absolute Gasteiger partial charge is 0.272 e. The summed E-state index contributed by atoms with van der Waals surface area (Å²) in [7, 11) is 0. The molecule has 22 heavy (non-hydrogen) atoms. The highest BCUT2D eigenvalue weighted by atomic mass is 79.9. The Morgan fingerprint density at radius 1 is 1.32 bits per heavy atom. The van der Waals surface area contributed by atoms with Gasteiger partial charge in [-0.1, -0.05) is 29.3 Å². The van der Waals surface area contributed by atoms with Gasteiger partial charge in [0.2, 0.25) is 0 Å². The monoisotopic (exact) mass is 400 g/mol. The van der Waals surface area contributed by atoms with Gasteiger partial charge in [-0.3, -0.25) is 4.79 Å². The summed E-state index contributed by atoms with van der Waals surface area (Å²) in [6.45, 7) is 1.88. The molecule has 2 rings (SSSR count). The highest BCUT2D eigenvalue weighted by Gasteiger charge is 2.10. The molecule has 0 saturated carbocycles. The lowest BCUT2D eigenvalue weighted by Crippen LogP contribution is -2.18. The molecule has 0 radical (unpaired) electrons. The second-order valence-corrected chi connectivity index (χ2v) is 6.21. The zero-order valence-electron chi connectivity index (χ0n) is 11.4. The van der Waals surface area contributed by atoms with E-state index < -0.39 is 5.91 Å². The fourth-order valence-electron chi connectivity index (χ4n) is 1.71. The molecule has 7 heteroatoms. The van der Waals surface area contributed by atoms with E-state index in [4.69, 9.17) is 23.2 Å². The minimum absolute atomic E-state index is 0.0178. The number of carbonyl (C=O) groups excluding carboxylic acids is 1. The van der Waals surface area contributed by atoms with Gasteiger partial charge in [0.05, 0.1) is 21.3 Å². The molecule has 0 spiro atoms. The van der Waals surface area contributed by atoms with Crippen LogP contribution in [0.15, 0.2) is 39.9 Å². The largest absolute Gasteiger partial charge is 0.506 e. The number of benzene rings is 2. The predicted molar refractivity (Wildman–Crippen MR) is 92.1 cm³/mol. The second-order valence-electron chi connectivity index (χ2n) is 4.51. The van der Waals surface area contributed by atoms with Crippen LogP contribution in [0, 0.1) is 6.92 Å². The number of halogens is 3. The normalized spacial score (nSPS) is 10.9. The number of rotatable bonds is 3. The van der Waals surface area contributed by atoms with Crippen molar-refractivity contribution in [2.24, 2.45) is 5.10 Å². The van der Waals surface area contributed by atoms with E-state index in [-0.39, 0.29) is 5.75 Å². The Morgan fingerprint density at radius 3 is 2.73 bits per heavy atom. The van der Waals surface area contributed by atoms with Gasteiger partial charge in [-0.25, -0.2) is 5.43 Å². The quantitative estimate of drug-likeness (QED) is 0.586. The van der Waals surface area contributed by atoms with Crippen molar-refractivity contribution < 1.29 is 9.90 Å². The van der Waals surface area contributed by atoms with Crippen molar-refractivity contribution in [1.29, 1.82) is 0 Å². The van der Waals surface area contributed by atoms with Gasteiger partial charge < -0.3 is 5.11 Å². The zero-order chi connectivity index (χ0) is 16.3. The van der Waals surface area contributed by atoms with Crippen molar-refractivity contribution in [2.45, 2.75) is 6.92 Å². The SMILES string of the molecule is Cc1ccc(C(=O)N/N=C/c2cc(Cl)cc(Br)c2O)c(Cl)c1. The Morgan fingerprint density at radius 2 is 2.05 bits per heavy atom. The number of carbonyl (C=O) groups is 1. The van der Waals surface area contributed by atoms with Gasteiger partial charge >= 0.3 is 0 Å². The van der Waals surface area contributed by atoms with Gasteiger partial charge in [-0.15, -0.1) is 0 Å². The molecule has 0 saturated heterocycles. The number of nitrogens with zero attached hydrogens (tertiary/aromatic N) is 1. The number of amides is 1. The number of hydrogen-bond donors (Lipinski definition) is 2. The van der Waals surface area contributed by atoms with Crippen molar-refractivity contribution in [3.63, 3.8) is 0 Å². The Bertz CT molecular complexity index is 763. The first kappa shape index (κ1) is 16.8. The van der Waals surface area contributed by atoms with Crippen LogP contribution in [0.5, 0.6) is 5.75 Å². The fraction of sp³-hybridized carbons (Fsp3) is 0.0667. The summed E-state index contributed by atoms with van der Waals surface area (Å²) in [4.78, 5) is 12.0. The van der Waals surface area contributed by atoms with Crippen LogP contribution in [-0.2, 0) is 0 Å². The van der Waals surface area contributed by atoms with Gasteiger partial charge in [0.15, 0.2) is 0 Å². The molecular weight excluding hydrogens is 391 g/mol. The molecule has 0 bridgehead atoms. The van der Waals surface area contributed by atoms with Crippen molar-refractivity contribution >= 4 is 51.3 Å². The Kier molecular flexibility index (Phi) is 5.45. The molecule has 0 heterocycles. The van der Waals surface area contributed by atoms with E-state index >= 15 is 0 Å². The third-order valence-corrected chi connectivity index (χ3v) is 3.93. The number of hydrogen-bond acceptors (Lipinski definition) is 3. The van der Waals surface area contributed by atoms with E-state index in [1.165, 1.54) is 12.3 Å². The molecule has 2 aromatic rings. The lowest BCUT2D eigenvalue weighted by molar-refractivity contribution is 0.0955. The average Bonchev–Trinajstić information content (AvgIpc) is 2.43. The lowest BCUT2D eigenvalue weighted by atomic mass is 10.1. The van der Waals surface area contributed by atoms with E-state index in [0.29, 0.717) is 25.6 Å². The van der Waals surface area contributed by atoms with Crippen LogP contribution < -0.4 is 5.43 Å². The summed E-state index contributed by atoms with van der Waals surface area (Å²) in [5.41, 5.74) is 4.00. The first-order valence-corrected chi connectivity index (χ1v) is 7.71. The molecule has 0 atom stereocenters. The predicted octanol–water partition coefficient (Wildman–Crippen LogP) is 4.53. The van der Waals surface area contributed by atoms with Gasteiger partial charge in [0.1, 0.15) is 5.75 Å². The first-order chi connectivity index (χ1) is 10.4. The summed E-state index contributed by atoms with van der Waals surface area (Å²) in [6.07, 6.45) is 1.30. The third kappa shape index (κ3) is 4.00. The van der Waals surface area contributed by atoms with Crippen LogP contribution in [0.4, 0.5) is 0 Å². The van der Waals surface area contributed by atoms with Crippen molar-refractivity contribution in [3.8, 4) is 5.75 Å². The van der Waals surface area contributed by atoms with Gasteiger partial charge in [0, 0.05) is 10.6 Å². The second kappa shape index (κ2) is 7.13. The molecule has 0 aliphatic carbocycles. The molecule has 2 aromatic carbocycles. The molecule has 0 aromatic heterocycles. The number of phenols is 1. The summed E-state index contributed by atoms with van der Waals surface area (Å²) in [5, 5.41) is 14.4. The Labute approximate surface area is 145 Å². The molecule has 0 aliphatic heterocycles. The fourth-order valence-corrected chi connectivity index (χ4v) is 2.86. The van der Waals surface area contributed by atoms with Crippen molar-refractivity contribution in [2.75, 3.05) is 0 Å². The minimum atomic E-state index is -0.443. The molecular formula is C15H11BrCl2N2O2. The van der Waals surface area contributed by atoms with Crippen LogP contribution in [0.1, 0.15) is 21.5 Å². The molecule has 4 nitrogen and oxygen atoms in total. The molecule has 0 fully saturated rings. The van der Waals surface area contributed by atoms with Crippen molar-refractivity contribution in [3.05, 3.63) is 61.5 Å². The van der Waals surface area contributed by atoms with Crippen LogP contribution in [0.25, 0.3) is 0 Å². The van der Waals surface area contributed by atoms with E-state index in [1.54, 1.807) is 24.3 Å². The van der Waals surface area contributed by atoms with Crippen LogP contribution >= 0.6 is 39.1 Å². The summed E-state index contributed by atoms with van der Waals surface area (Å²) in [5.74, 6) is -0.461.